The van der Waals surface area contributed by atoms with Crippen molar-refractivity contribution in [2.24, 2.45) is 5.92 Å². The topological polar surface area (TPSA) is 68.3 Å². The highest BCUT2D eigenvalue weighted by Crippen LogP contribution is 2.41. The summed E-state index contributed by atoms with van der Waals surface area (Å²) in [5, 5.41) is 3.80. The number of thiazole rings is 1. The highest BCUT2D eigenvalue weighted by atomic mass is 32.1. The van der Waals surface area contributed by atoms with Crippen molar-refractivity contribution in [2.75, 3.05) is 11.9 Å². The van der Waals surface area contributed by atoms with Gasteiger partial charge in [-0.1, -0.05) is 43.2 Å². The summed E-state index contributed by atoms with van der Waals surface area (Å²) in [4.78, 5) is 29.8. The van der Waals surface area contributed by atoms with Crippen molar-refractivity contribution in [3.63, 3.8) is 0 Å². The molecule has 1 fully saturated rings. The lowest BCUT2D eigenvalue weighted by molar-refractivity contribution is -0.153. The summed E-state index contributed by atoms with van der Waals surface area (Å²) in [7, 11) is 0. The predicted molar refractivity (Wildman–Crippen MR) is 115 cm³/mol. The zero-order chi connectivity index (χ0) is 20.2. The number of hydrogen-bond donors (Lipinski definition) is 1. The predicted octanol–water partition coefficient (Wildman–Crippen LogP) is 5.06. The van der Waals surface area contributed by atoms with Crippen molar-refractivity contribution in [1.82, 2.24) is 4.98 Å². The largest absolute Gasteiger partial charge is 0.455 e. The van der Waals surface area contributed by atoms with Crippen LogP contribution in [0.5, 0.6) is 0 Å². The molecule has 150 valence electrons. The summed E-state index contributed by atoms with van der Waals surface area (Å²) >= 11 is 1.65. The third-order valence-corrected chi connectivity index (χ3v) is 6.63. The number of benzene rings is 2. The number of anilines is 1. The van der Waals surface area contributed by atoms with Gasteiger partial charge in [0, 0.05) is 11.6 Å². The van der Waals surface area contributed by atoms with Gasteiger partial charge in [-0.25, -0.2) is 4.98 Å². The molecule has 29 heavy (non-hydrogen) atoms. The Kier molecular flexibility index (Phi) is 5.90. The fourth-order valence-electron chi connectivity index (χ4n) is 3.90. The minimum absolute atomic E-state index is 0.0630. The number of rotatable bonds is 5. The van der Waals surface area contributed by atoms with Crippen LogP contribution in [0.1, 0.15) is 42.2 Å². The van der Waals surface area contributed by atoms with Gasteiger partial charge in [-0.3, -0.25) is 9.59 Å². The summed E-state index contributed by atoms with van der Waals surface area (Å²) in [6, 6.07) is 15.6. The van der Waals surface area contributed by atoms with Gasteiger partial charge in [0.2, 0.25) is 0 Å². The molecule has 1 aromatic heterocycles. The van der Waals surface area contributed by atoms with Crippen LogP contribution >= 0.6 is 11.3 Å². The lowest BCUT2D eigenvalue weighted by atomic mass is 9.79. The minimum atomic E-state index is -0.319. The van der Waals surface area contributed by atoms with Crippen LogP contribution in [0.4, 0.5) is 5.69 Å². The molecule has 0 bridgehead atoms. The standard InChI is InChI=1S/C23H24N2O3S/c1-15-8-2-5-11-18(15)24-21(26)14-28-23(27)17-10-4-3-9-16(17)22-25-19-12-6-7-13-20(19)29-22/h2,5-8,11-13,16-17H,3-4,9-10,14H2,1H3,(H,24,26)/t16-,17+/m0/s1. The number of para-hydroxylation sites is 2. The summed E-state index contributed by atoms with van der Waals surface area (Å²) in [5.74, 6) is -0.794. The highest BCUT2D eigenvalue weighted by Gasteiger charge is 2.35. The maximum absolute atomic E-state index is 12.8. The van der Waals surface area contributed by atoms with Crippen molar-refractivity contribution >= 4 is 39.1 Å². The van der Waals surface area contributed by atoms with Crippen molar-refractivity contribution in [3.05, 3.63) is 59.1 Å². The second kappa shape index (κ2) is 8.74. The Labute approximate surface area is 174 Å². The number of carbonyl (C=O) groups excluding carboxylic acids is 2. The van der Waals surface area contributed by atoms with E-state index in [9.17, 15) is 9.59 Å². The Morgan fingerprint density at radius 2 is 1.86 bits per heavy atom. The molecule has 0 saturated heterocycles. The zero-order valence-electron chi connectivity index (χ0n) is 16.4. The molecular weight excluding hydrogens is 384 g/mol. The van der Waals surface area contributed by atoms with Gasteiger partial charge in [-0.2, -0.15) is 0 Å². The maximum Gasteiger partial charge on any atom is 0.310 e. The first-order valence-electron chi connectivity index (χ1n) is 9.99. The molecule has 0 radical (unpaired) electrons. The van der Waals surface area contributed by atoms with Gasteiger partial charge in [0.1, 0.15) is 0 Å². The van der Waals surface area contributed by atoms with Crippen molar-refractivity contribution in [2.45, 2.75) is 38.5 Å². The number of ether oxygens (including phenoxy) is 1. The number of amides is 1. The SMILES string of the molecule is Cc1ccccc1NC(=O)COC(=O)[C@@H]1CCCC[C@@H]1c1nc2ccccc2s1. The molecule has 1 saturated carbocycles. The number of nitrogens with zero attached hydrogens (tertiary/aromatic N) is 1. The van der Waals surface area contributed by atoms with Gasteiger partial charge in [0.25, 0.3) is 5.91 Å². The van der Waals surface area contributed by atoms with Crippen LogP contribution in [0, 0.1) is 12.8 Å². The summed E-state index contributed by atoms with van der Waals surface area (Å²) in [5.41, 5.74) is 2.68. The Hall–Kier alpha value is -2.73. The first-order chi connectivity index (χ1) is 14.1. The third kappa shape index (κ3) is 4.48. The Morgan fingerprint density at radius 3 is 2.69 bits per heavy atom. The smallest absolute Gasteiger partial charge is 0.310 e. The Bertz CT molecular complexity index is 997. The number of esters is 1. The molecule has 1 aliphatic carbocycles. The van der Waals surface area contributed by atoms with Crippen molar-refractivity contribution in [1.29, 1.82) is 0 Å². The number of fused-ring (bicyclic) bond motifs is 1. The summed E-state index contributed by atoms with van der Waals surface area (Å²) in [6.07, 6.45) is 3.78. The van der Waals surface area contributed by atoms with E-state index < -0.39 is 0 Å². The number of carbonyl (C=O) groups is 2. The number of aromatic nitrogens is 1. The molecule has 2 atom stereocenters. The van der Waals surface area contributed by atoms with Crippen LogP contribution in [0.15, 0.2) is 48.5 Å². The molecular formula is C23H24N2O3S. The second-order valence-corrected chi connectivity index (χ2v) is 8.55. The van der Waals surface area contributed by atoms with E-state index in [1.807, 2.05) is 49.4 Å². The van der Waals surface area contributed by atoms with Gasteiger partial charge in [-0.15, -0.1) is 11.3 Å². The lowest BCUT2D eigenvalue weighted by Gasteiger charge is -2.28. The van der Waals surface area contributed by atoms with E-state index in [-0.39, 0.29) is 30.3 Å². The molecule has 0 unspecified atom stereocenters. The van der Waals surface area contributed by atoms with E-state index in [0.717, 1.165) is 52.2 Å². The van der Waals surface area contributed by atoms with Gasteiger partial charge in [0.15, 0.2) is 6.61 Å². The van der Waals surface area contributed by atoms with Crippen LogP contribution in [-0.4, -0.2) is 23.5 Å². The first kappa shape index (κ1) is 19.6. The average Bonchev–Trinajstić information content (AvgIpc) is 3.18. The normalized spacial score (nSPS) is 19.1. The molecule has 1 N–H and O–H groups in total. The average molecular weight is 409 g/mol. The zero-order valence-corrected chi connectivity index (χ0v) is 17.2. The van der Waals surface area contributed by atoms with Gasteiger partial charge in [-0.05, 0) is 43.5 Å². The van der Waals surface area contributed by atoms with E-state index in [2.05, 4.69) is 11.4 Å². The monoisotopic (exact) mass is 408 g/mol. The molecule has 0 aliphatic heterocycles. The Balaban J connectivity index is 1.41. The van der Waals surface area contributed by atoms with E-state index in [1.165, 1.54) is 0 Å². The third-order valence-electron chi connectivity index (χ3n) is 5.46. The van der Waals surface area contributed by atoms with Crippen LogP contribution in [-0.2, 0) is 14.3 Å². The molecule has 1 heterocycles. The summed E-state index contributed by atoms with van der Waals surface area (Å²) < 4.78 is 6.54. The lowest BCUT2D eigenvalue weighted by Crippen LogP contribution is -2.30. The highest BCUT2D eigenvalue weighted by molar-refractivity contribution is 7.18. The number of nitrogens with one attached hydrogen (secondary N) is 1. The van der Waals surface area contributed by atoms with Gasteiger partial charge < -0.3 is 10.1 Å². The van der Waals surface area contributed by atoms with E-state index in [1.54, 1.807) is 11.3 Å². The molecule has 3 aromatic rings. The fourth-order valence-corrected chi connectivity index (χ4v) is 5.07. The second-order valence-electron chi connectivity index (χ2n) is 7.49. The van der Waals surface area contributed by atoms with Gasteiger partial charge in [0.05, 0.1) is 21.1 Å². The van der Waals surface area contributed by atoms with Crippen molar-refractivity contribution in [3.8, 4) is 0 Å². The molecule has 4 rings (SSSR count). The van der Waals surface area contributed by atoms with Crippen LogP contribution in [0.3, 0.4) is 0 Å². The molecule has 5 nitrogen and oxygen atoms in total. The molecule has 1 amide bonds. The van der Waals surface area contributed by atoms with E-state index in [0.29, 0.717) is 0 Å². The van der Waals surface area contributed by atoms with Crippen LogP contribution < -0.4 is 5.32 Å². The Morgan fingerprint density at radius 1 is 1.10 bits per heavy atom. The molecule has 1 aliphatic rings. The molecule has 0 spiro atoms. The summed E-state index contributed by atoms with van der Waals surface area (Å²) in [6.45, 7) is 1.66. The van der Waals surface area contributed by atoms with Gasteiger partial charge >= 0.3 is 5.97 Å². The molecule has 2 aromatic carbocycles. The van der Waals surface area contributed by atoms with E-state index >= 15 is 0 Å². The maximum atomic E-state index is 12.8. The number of aryl methyl sites for hydroxylation is 1. The van der Waals surface area contributed by atoms with Crippen molar-refractivity contribution < 1.29 is 14.3 Å². The quantitative estimate of drug-likeness (QED) is 0.599. The fraction of sp³-hybridized carbons (Fsp3) is 0.348. The van der Waals surface area contributed by atoms with E-state index in [4.69, 9.17) is 9.72 Å². The minimum Gasteiger partial charge on any atom is -0.455 e. The van der Waals surface area contributed by atoms with Crippen LogP contribution in [0.2, 0.25) is 0 Å². The van der Waals surface area contributed by atoms with Crippen LogP contribution in [0.25, 0.3) is 10.2 Å². The number of hydrogen-bond acceptors (Lipinski definition) is 5. The first-order valence-corrected chi connectivity index (χ1v) is 10.8. The molecule has 6 heteroatoms.